The monoisotopic (exact) mass is 296 g/mol. The van der Waals surface area contributed by atoms with Crippen molar-refractivity contribution in [2.24, 2.45) is 0 Å². The maximum atomic E-state index is 11.8. The summed E-state index contributed by atoms with van der Waals surface area (Å²) in [4.78, 5) is 15.9. The van der Waals surface area contributed by atoms with E-state index in [1.807, 2.05) is 0 Å². The molecular weight excluding hydrogens is 276 g/mol. The van der Waals surface area contributed by atoms with Gasteiger partial charge in [0.15, 0.2) is 0 Å². The molecule has 0 spiro atoms. The fourth-order valence-electron chi connectivity index (χ4n) is 1.87. The maximum absolute atomic E-state index is 11.8. The molecule has 2 rings (SSSR count). The number of pyridine rings is 1. The highest BCUT2D eigenvalue weighted by molar-refractivity contribution is 5.93. The van der Waals surface area contributed by atoms with Gasteiger partial charge < -0.3 is 24.6 Å². The van der Waals surface area contributed by atoms with Crippen LogP contribution in [0.3, 0.4) is 0 Å². The Bertz CT molecular complexity index is 431. The van der Waals surface area contributed by atoms with Gasteiger partial charge >= 0.3 is 0 Å². The van der Waals surface area contributed by atoms with E-state index in [0.717, 1.165) is 6.42 Å². The van der Waals surface area contributed by atoms with Gasteiger partial charge in [-0.25, -0.2) is 4.98 Å². The van der Waals surface area contributed by atoms with Crippen LogP contribution in [0.4, 0.5) is 0 Å². The second kappa shape index (κ2) is 8.56. The van der Waals surface area contributed by atoms with E-state index in [1.165, 1.54) is 6.20 Å². The topological polar surface area (TPSA) is 89.9 Å². The molecule has 7 heteroatoms. The Morgan fingerprint density at radius 3 is 3.05 bits per heavy atom. The highest BCUT2D eigenvalue weighted by atomic mass is 16.5. The third-order valence-corrected chi connectivity index (χ3v) is 2.94. The van der Waals surface area contributed by atoms with Crippen molar-refractivity contribution in [2.75, 3.05) is 39.6 Å². The molecule has 7 nitrogen and oxygen atoms in total. The van der Waals surface area contributed by atoms with E-state index in [0.29, 0.717) is 37.8 Å². The Morgan fingerprint density at radius 1 is 1.48 bits per heavy atom. The van der Waals surface area contributed by atoms with Gasteiger partial charge in [0.1, 0.15) is 6.10 Å². The first-order valence-corrected chi connectivity index (χ1v) is 6.97. The third-order valence-electron chi connectivity index (χ3n) is 2.94. The SMILES string of the molecule is O=C(NCCOCCO)c1ccc(OC2CCOC2)nc1. The molecule has 1 aliphatic rings. The number of hydrogen-bond donors (Lipinski definition) is 2. The van der Waals surface area contributed by atoms with Crippen molar-refractivity contribution in [2.45, 2.75) is 12.5 Å². The lowest BCUT2D eigenvalue weighted by atomic mass is 10.2. The quantitative estimate of drug-likeness (QED) is 0.656. The van der Waals surface area contributed by atoms with Crippen LogP contribution in [0, 0.1) is 0 Å². The molecule has 0 aliphatic carbocycles. The number of rotatable bonds is 8. The fourth-order valence-corrected chi connectivity index (χ4v) is 1.87. The highest BCUT2D eigenvalue weighted by Gasteiger charge is 2.17. The van der Waals surface area contributed by atoms with Gasteiger partial charge in [-0.05, 0) is 6.07 Å². The number of aromatic nitrogens is 1. The van der Waals surface area contributed by atoms with Crippen LogP contribution in [-0.4, -0.2) is 61.7 Å². The molecule has 116 valence electrons. The van der Waals surface area contributed by atoms with Gasteiger partial charge in [-0.15, -0.1) is 0 Å². The average Bonchev–Trinajstić information content (AvgIpc) is 3.00. The van der Waals surface area contributed by atoms with Crippen LogP contribution < -0.4 is 10.1 Å². The summed E-state index contributed by atoms with van der Waals surface area (Å²) < 4.78 is 15.9. The number of hydrogen-bond acceptors (Lipinski definition) is 6. The predicted octanol–water partition coefficient (Wildman–Crippen LogP) is -0.0120. The standard InChI is InChI=1S/C14H20N2O5/c17-5-8-19-7-4-15-14(18)11-1-2-13(16-9-11)21-12-3-6-20-10-12/h1-2,9,12,17H,3-8,10H2,(H,15,18). The molecule has 1 amide bonds. The van der Waals surface area contributed by atoms with E-state index in [-0.39, 0.29) is 25.2 Å². The fraction of sp³-hybridized carbons (Fsp3) is 0.571. The normalized spacial score (nSPS) is 17.7. The van der Waals surface area contributed by atoms with Gasteiger partial charge in [-0.2, -0.15) is 0 Å². The van der Waals surface area contributed by atoms with Gasteiger partial charge in [0.2, 0.25) is 5.88 Å². The average molecular weight is 296 g/mol. The second-order valence-electron chi connectivity index (χ2n) is 4.58. The van der Waals surface area contributed by atoms with E-state index >= 15 is 0 Å². The predicted molar refractivity (Wildman–Crippen MR) is 74.3 cm³/mol. The minimum atomic E-state index is -0.217. The molecule has 1 aromatic heterocycles. The number of amides is 1. The zero-order valence-corrected chi connectivity index (χ0v) is 11.8. The molecule has 0 saturated carbocycles. The number of aliphatic hydroxyl groups is 1. The Morgan fingerprint density at radius 2 is 2.38 bits per heavy atom. The van der Waals surface area contributed by atoms with Crippen LogP contribution in [0.1, 0.15) is 16.8 Å². The minimum absolute atomic E-state index is 0.0225. The first-order chi connectivity index (χ1) is 10.3. The number of carbonyl (C=O) groups is 1. The van der Waals surface area contributed by atoms with Crippen molar-refractivity contribution in [1.82, 2.24) is 10.3 Å². The molecule has 21 heavy (non-hydrogen) atoms. The molecule has 2 N–H and O–H groups in total. The number of aliphatic hydroxyl groups excluding tert-OH is 1. The Hall–Kier alpha value is -1.70. The molecule has 1 aromatic rings. The van der Waals surface area contributed by atoms with Crippen molar-refractivity contribution in [3.63, 3.8) is 0 Å². The summed E-state index contributed by atoms with van der Waals surface area (Å²) in [6.07, 6.45) is 2.38. The van der Waals surface area contributed by atoms with Gasteiger partial charge in [-0.3, -0.25) is 4.79 Å². The number of carbonyl (C=O) groups excluding carboxylic acids is 1. The lowest BCUT2D eigenvalue weighted by molar-refractivity contribution is 0.0837. The van der Waals surface area contributed by atoms with Gasteiger partial charge in [-0.1, -0.05) is 0 Å². The highest BCUT2D eigenvalue weighted by Crippen LogP contribution is 2.14. The van der Waals surface area contributed by atoms with Crippen molar-refractivity contribution >= 4 is 5.91 Å². The maximum Gasteiger partial charge on any atom is 0.252 e. The third kappa shape index (κ3) is 5.30. The van der Waals surface area contributed by atoms with Gasteiger partial charge in [0.05, 0.1) is 38.6 Å². The van der Waals surface area contributed by atoms with Crippen LogP contribution in [0.5, 0.6) is 5.88 Å². The van der Waals surface area contributed by atoms with Crippen molar-refractivity contribution in [3.05, 3.63) is 23.9 Å². The lowest BCUT2D eigenvalue weighted by Crippen LogP contribution is -2.27. The largest absolute Gasteiger partial charge is 0.472 e. The first-order valence-electron chi connectivity index (χ1n) is 6.97. The van der Waals surface area contributed by atoms with Gasteiger partial charge in [0.25, 0.3) is 5.91 Å². The summed E-state index contributed by atoms with van der Waals surface area (Å²) in [7, 11) is 0. The number of ether oxygens (including phenoxy) is 3. The molecule has 0 bridgehead atoms. The van der Waals surface area contributed by atoms with Crippen molar-refractivity contribution in [3.8, 4) is 5.88 Å². The zero-order valence-electron chi connectivity index (χ0n) is 11.8. The van der Waals surface area contributed by atoms with Gasteiger partial charge in [0, 0.05) is 25.2 Å². The Balaban J connectivity index is 1.74. The molecular formula is C14H20N2O5. The summed E-state index contributed by atoms with van der Waals surface area (Å²) in [6, 6.07) is 3.34. The molecule has 0 aromatic carbocycles. The Labute approximate surface area is 123 Å². The zero-order chi connectivity index (χ0) is 14.9. The molecule has 1 saturated heterocycles. The Kier molecular flexibility index (Phi) is 6.39. The molecule has 1 atom stereocenters. The van der Waals surface area contributed by atoms with E-state index in [2.05, 4.69) is 10.3 Å². The van der Waals surface area contributed by atoms with Crippen LogP contribution in [0.15, 0.2) is 18.3 Å². The van der Waals surface area contributed by atoms with Crippen molar-refractivity contribution < 1.29 is 24.1 Å². The summed E-state index contributed by atoms with van der Waals surface area (Å²) in [5.74, 6) is 0.277. The van der Waals surface area contributed by atoms with Crippen LogP contribution in [-0.2, 0) is 9.47 Å². The van der Waals surface area contributed by atoms with E-state index < -0.39 is 0 Å². The molecule has 0 radical (unpaired) electrons. The van der Waals surface area contributed by atoms with E-state index in [1.54, 1.807) is 12.1 Å². The number of nitrogens with zero attached hydrogens (tertiary/aromatic N) is 1. The molecule has 1 aliphatic heterocycles. The summed E-state index contributed by atoms with van der Waals surface area (Å²) in [5.41, 5.74) is 0.465. The summed E-state index contributed by atoms with van der Waals surface area (Å²) >= 11 is 0. The van der Waals surface area contributed by atoms with Crippen LogP contribution in [0.25, 0.3) is 0 Å². The first kappa shape index (κ1) is 15.7. The van der Waals surface area contributed by atoms with Crippen LogP contribution in [0.2, 0.25) is 0 Å². The summed E-state index contributed by atoms with van der Waals surface area (Å²) in [6.45, 7) is 2.29. The molecule has 2 heterocycles. The molecule has 1 unspecified atom stereocenters. The van der Waals surface area contributed by atoms with E-state index in [4.69, 9.17) is 19.3 Å². The van der Waals surface area contributed by atoms with Crippen molar-refractivity contribution in [1.29, 1.82) is 0 Å². The summed E-state index contributed by atoms with van der Waals surface area (Å²) in [5, 5.41) is 11.2. The lowest BCUT2D eigenvalue weighted by Gasteiger charge is -2.11. The van der Waals surface area contributed by atoms with Crippen LogP contribution >= 0.6 is 0 Å². The van der Waals surface area contributed by atoms with E-state index in [9.17, 15) is 4.79 Å². The number of nitrogens with one attached hydrogen (secondary N) is 1. The second-order valence-corrected chi connectivity index (χ2v) is 4.58. The molecule has 1 fully saturated rings. The smallest absolute Gasteiger partial charge is 0.252 e. The minimum Gasteiger partial charge on any atom is -0.472 e.